The molecule has 3 nitrogen and oxygen atoms in total. The zero-order chi connectivity index (χ0) is 13.5. The molecule has 0 heterocycles. The lowest BCUT2D eigenvalue weighted by molar-refractivity contribution is 0.306. The Bertz CT molecular complexity index is 514. The number of halogens is 1. The van der Waals surface area contributed by atoms with Gasteiger partial charge in [-0.3, -0.25) is 0 Å². The highest BCUT2D eigenvalue weighted by atomic mass is 127. The van der Waals surface area contributed by atoms with Gasteiger partial charge in [-0.1, -0.05) is 12.1 Å². The van der Waals surface area contributed by atoms with Crippen LogP contribution in [-0.2, 0) is 0 Å². The molecule has 0 saturated heterocycles. The molecule has 2 rings (SSSR count). The number of rotatable bonds is 6. The minimum Gasteiger partial charge on any atom is -0.493 e. The van der Waals surface area contributed by atoms with Crippen molar-refractivity contribution in [2.45, 2.75) is 0 Å². The Morgan fingerprint density at radius 1 is 1.00 bits per heavy atom. The van der Waals surface area contributed by atoms with Gasteiger partial charge >= 0.3 is 0 Å². The molecule has 100 valence electrons. The summed E-state index contributed by atoms with van der Waals surface area (Å²) < 4.78 is 12.1. The first-order valence-electron chi connectivity index (χ1n) is 6.05. The summed E-state index contributed by atoms with van der Waals surface area (Å²) in [7, 11) is 1.64. The molecule has 0 atom stereocenters. The molecular weight excluding hydrogens is 353 g/mol. The van der Waals surface area contributed by atoms with Gasteiger partial charge in [0.25, 0.3) is 0 Å². The third kappa shape index (κ3) is 4.31. The fraction of sp³-hybridized carbons (Fsp3) is 0.200. The van der Waals surface area contributed by atoms with E-state index in [1.54, 1.807) is 7.11 Å². The van der Waals surface area contributed by atoms with Crippen LogP contribution >= 0.6 is 22.6 Å². The smallest absolute Gasteiger partial charge is 0.161 e. The summed E-state index contributed by atoms with van der Waals surface area (Å²) in [6, 6.07) is 15.9. The number of methoxy groups -OCH3 is 1. The zero-order valence-electron chi connectivity index (χ0n) is 10.7. The monoisotopic (exact) mass is 369 g/mol. The molecule has 0 fully saturated rings. The van der Waals surface area contributed by atoms with Crippen LogP contribution in [0, 0.1) is 3.57 Å². The van der Waals surface area contributed by atoms with Crippen LogP contribution in [0.2, 0.25) is 0 Å². The van der Waals surface area contributed by atoms with E-state index in [1.165, 1.54) is 3.57 Å². The molecule has 19 heavy (non-hydrogen) atoms. The maximum Gasteiger partial charge on any atom is 0.161 e. The molecule has 0 unspecified atom stereocenters. The molecule has 2 aromatic carbocycles. The van der Waals surface area contributed by atoms with Gasteiger partial charge < -0.3 is 14.8 Å². The number of nitrogens with one attached hydrogen (secondary N) is 1. The third-order valence-corrected chi connectivity index (χ3v) is 3.32. The van der Waals surface area contributed by atoms with Crippen LogP contribution in [-0.4, -0.2) is 20.3 Å². The number of anilines is 1. The fourth-order valence-electron chi connectivity index (χ4n) is 1.66. The predicted octanol–water partition coefficient (Wildman–Crippen LogP) is 3.79. The Hall–Kier alpha value is -1.43. The first kappa shape index (κ1) is 14.0. The summed E-state index contributed by atoms with van der Waals surface area (Å²) in [5, 5.41) is 3.31. The van der Waals surface area contributed by atoms with Crippen molar-refractivity contribution in [3.8, 4) is 11.5 Å². The minimum atomic E-state index is 0.590. The maximum atomic E-state index is 5.68. The van der Waals surface area contributed by atoms with E-state index in [4.69, 9.17) is 9.47 Å². The lowest BCUT2D eigenvalue weighted by atomic mass is 10.3. The normalized spacial score (nSPS) is 10.0. The molecule has 0 aliphatic carbocycles. The van der Waals surface area contributed by atoms with Crippen LogP contribution in [0.25, 0.3) is 0 Å². The molecule has 0 radical (unpaired) electrons. The molecule has 0 spiro atoms. The quantitative estimate of drug-likeness (QED) is 0.621. The molecule has 4 heteroatoms. The molecule has 0 bridgehead atoms. The Labute approximate surface area is 127 Å². The first-order valence-corrected chi connectivity index (χ1v) is 7.13. The van der Waals surface area contributed by atoms with Gasteiger partial charge in [-0.2, -0.15) is 0 Å². The Morgan fingerprint density at radius 2 is 1.68 bits per heavy atom. The van der Waals surface area contributed by atoms with Crippen LogP contribution in [0.3, 0.4) is 0 Å². The maximum absolute atomic E-state index is 5.68. The standard InChI is InChI=1S/C15H16INO2/c1-18-14-4-2-3-5-15(14)19-11-10-17-13-8-6-12(16)7-9-13/h2-9,17H,10-11H2,1H3. The lowest BCUT2D eigenvalue weighted by Crippen LogP contribution is -2.11. The summed E-state index contributed by atoms with van der Waals surface area (Å²) in [5.41, 5.74) is 1.10. The second-order valence-corrected chi connectivity index (χ2v) is 5.18. The number of benzene rings is 2. The van der Waals surface area contributed by atoms with Crippen LogP contribution < -0.4 is 14.8 Å². The van der Waals surface area contributed by atoms with E-state index in [0.717, 1.165) is 23.7 Å². The molecule has 0 aromatic heterocycles. The summed E-state index contributed by atoms with van der Waals surface area (Å²) in [4.78, 5) is 0. The van der Waals surface area contributed by atoms with Crippen molar-refractivity contribution in [2.75, 3.05) is 25.6 Å². The van der Waals surface area contributed by atoms with Crippen molar-refractivity contribution < 1.29 is 9.47 Å². The fourth-order valence-corrected chi connectivity index (χ4v) is 2.02. The van der Waals surface area contributed by atoms with Gasteiger partial charge in [-0.05, 0) is 59.0 Å². The molecule has 0 amide bonds. The number of ether oxygens (including phenoxy) is 2. The van der Waals surface area contributed by atoms with Crippen molar-refractivity contribution in [2.24, 2.45) is 0 Å². The van der Waals surface area contributed by atoms with Gasteiger partial charge in [0.1, 0.15) is 6.61 Å². The van der Waals surface area contributed by atoms with Crippen molar-refractivity contribution in [3.05, 3.63) is 52.1 Å². The van der Waals surface area contributed by atoms with Gasteiger partial charge in [0, 0.05) is 15.8 Å². The molecule has 1 N–H and O–H groups in total. The van der Waals surface area contributed by atoms with Gasteiger partial charge in [0.2, 0.25) is 0 Å². The second kappa shape index (κ2) is 7.23. The summed E-state index contributed by atoms with van der Waals surface area (Å²) >= 11 is 2.29. The Balaban J connectivity index is 1.79. The van der Waals surface area contributed by atoms with E-state index in [-0.39, 0.29) is 0 Å². The van der Waals surface area contributed by atoms with E-state index in [1.807, 2.05) is 24.3 Å². The molecule has 0 saturated carbocycles. The number of hydrogen-bond acceptors (Lipinski definition) is 3. The van der Waals surface area contributed by atoms with Crippen molar-refractivity contribution in [1.82, 2.24) is 0 Å². The summed E-state index contributed by atoms with van der Waals surface area (Å²) in [6.45, 7) is 1.34. The van der Waals surface area contributed by atoms with Crippen molar-refractivity contribution >= 4 is 28.3 Å². The molecular formula is C15H16INO2. The number of para-hydroxylation sites is 2. The highest BCUT2D eigenvalue weighted by Gasteiger charge is 2.01. The van der Waals surface area contributed by atoms with E-state index in [2.05, 4.69) is 52.2 Å². The SMILES string of the molecule is COc1ccccc1OCCNc1ccc(I)cc1. The third-order valence-electron chi connectivity index (χ3n) is 2.60. The van der Waals surface area contributed by atoms with Crippen LogP contribution in [0.4, 0.5) is 5.69 Å². The Morgan fingerprint density at radius 3 is 2.37 bits per heavy atom. The van der Waals surface area contributed by atoms with Crippen LogP contribution in [0.5, 0.6) is 11.5 Å². The summed E-state index contributed by atoms with van der Waals surface area (Å²) in [5.74, 6) is 1.53. The largest absolute Gasteiger partial charge is 0.493 e. The highest BCUT2D eigenvalue weighted by molar-refractivity contribution is 14.1. The average Bonchev–Trinajstić information content (AvgIpc) is 2.46. The van der Waals surface area contributed by atoms with Gasteiger partial charge in [0.05, 0.1) is 7.11 Å². The molecule has 2 aromatic rings. The summed E-state index contributed by atoms with van der Waals surface area (Å²) in [6.07, 6.45) is 0. The number of hydrogen-bond donors (Lipinski definition) is 1. The average molecular weight is 369 g/mol. The van der Waals surface area contributed by atoms with E-state index in [0.29, 0.717) is 6.61 Å². The van der Waals surface area contributed by atoms with Crippen molar-refractivity contribution in [3.63, 3.8) is 0 Å². The topological polar surface area (TPSA) is 30.5 Å². The van der Waals surface area contributed by atoms with Gasteiger partial charge in [0.15, 0.2) is 11.5 Å². The van der Waals surface area contributed by atoms with Gasteiger partial charge in [-0.25, -0.2) is 0 Å². The Kier molecular flexibility index (Phi) is 5.32. The molecule has 0 aliphatic heterocycles. The highest BCUT2D eigenvalue weighted by Crippen LogP contribution is 2.25. The second-order valence-electron chi connectivity index (χ2n) is 3.93. The van der Waals surface area contributed by atoms with Crippen LogP contribution in [0.1, 0.15) is 0 Å². The minimum absolute atomic E-state index is 0.590. The molecule has 0 aliphatic rings. The van der Waals surface area contributed by atoms with Gasteiger partial charge in [-0.15, -0.1) is 0 Å². The lowest BCUT2D eigenvalue weighted by Gasteiger charge is -2.11. The van der Waals surface area contributed by atoms with Crippen molar-refractivity contribution in [1.29, 1.82) is 0 Å². The first-order chi connectivity index (χ1) is 9.29. The zero-order valence-corrected chi connectivity index (χ0v) is 12.9. The van der Waals surface area contributed by atoms with E-state index < -0.39 is 0 Å². The van der Waals surface area contributed by atoms with E-state index in [9.17, 15) is 0 Å². The van der Waals surface area contributed by atoms with Crippen LogP contribution in [0.15, 0.2) is 48.5 Å². The predicted molar refractivity (Wildman–Crippen MR) is 86.1 cm³/mol. The van der Waals surface area contributed by atoms with E-state index >= 15 is 0 Å².